The molecular weight excluding hydrogens is 476 g/mol. The molecule has 10 heteroatoms. The van der Waals surface area contributed by atoms with Crippen molar-refractivity contribution in [3.8, 4) is 5.75 Å². The molecule has 0 unspecified atom stereocenters. The fourth-order valence-electron chi connectivity index (χ4n) is 4.32. The van der Waals surface area contributed by atoms with Crippen molar-refractivity contribution in [3.05, 3.63) is 77.9 Å². The fraction of sp³-hybridized carbons (Fsp3) is 0.308. The molecule has 2 aliphatic rings. The maximum atomic E-state index is 12.8. The van der Waals surface area contributed by atoms with Gasteiger partial charge in [0.25, 0.3) is 0 Å². The Morgan fingerprint density at radius 2 is 1.83 bits per heavy atom. The van der Waals surface area contributed by atoms with Gasteiger partial charge >= 0.3 is 0 Å². The minimum Gasteiger partial charge on any atom is -0.437 e. The maximum Gasteiger partial charge on any atom is 0.243 e. The van der Waals surface area contributed by atoms with Gasteiger partial charge in [-0.3, -0.25) is 0 Å². The zero-order valence-corrected chi connectivity index (χ0v) is 20.8. The standard InChI is InChI=1S/C26H30N6O3S/c27-24(25-30-21-8-2-3-9-23(21)35-25)22-14-16-29-26(31-22)28-15-6-7-19-10-12-20(13-11-19)36(33,34)32-17-4-1-5-18-32/h2-3,8-14,16,30H,1,4-7,15,17-18,27H2,(H,28,29,31)/b25-24+. The first kappa shape index (κ1) is 24.1. The normalized spacial score (nSPS) is 17.1. The lowest BCUT2D eigenvalue weighted by Gasteiger charge is -2.25. The molecule has 0 spiro atoms. The molecule has 0 radical (unpaired) electrons. The Balaban J connectivity index is 1.14. The number of benzene rings is 2. The highest BCUT2D eigenvalue weighted by molar-refractivity contribution is 7.89. The number of sulfonamides is 1. The number of hydrogen-bond acceptors (Lipinski definition) is 8. The molecule has 1 fully saturated rings. The number of anilines is 2. The molecule has 2 aromatic carbocycles. The van der Waals surface area contributed by atoms with E-state index >= 15 is 0 Å². The minimum atomic E-state index is -3.40. The summed E-state index contributed by atoms with van der Waals surface area (Å²) >= 11 is 0. The van der Waals surface area contributed by atoms with E-state index < -0.39 is 10.0 Å². The lowest BCUT2D eigenvalue weighted by atomic mass is 10.1. The quantitative estimate of drug-likeness (QED) is 0.395. The number of nitrogens with two attached hydrogens (primary N) is 1. The van der Waals surface area contributed by atoms with Gasteiger partial charge < -0.3 is 21.1 Å². The average molecular weight is 507 g/mol. The number of hydrogen-bond donors (Lipinski definition) is 3. The van der Waals surface area contributed by atoms with Crippen molar-refractivity contribution < 1.29 is 13.2 Å². The summed E-state index contributed by atoms with van der Waals surface area (Å²) < 4.78 is 33.0. The van der Waals surface area contributed by atoms with Crippen LogP contribution in [0.4, 0.5) is 11.6 Å². The van der Waals surface area contributed by atoms with Gasteiger partial charge in [0, 0.05) is 25.8 Å². The maximum absolute atomic E-state index is 12.8. The van der Waals surface area contributed by atoms with Crippen molar-refractivity contribution in [2.75, 3.05) is 30.3 Å². The topological polar surface area (TPSA) is 122 Å². The number of ether oxygens (including phenoxy) is 1. The summed E-state index contributed by atoms with van der Waals surface area (Å²) in [5.41, 5.74) is 9.21. The highest BCUT2D eigenvalue weighted by Crippen LogP contribution is 2.34. The van der Waals surface area contributed by atoms with E-state index in [1.54, 1.807) is 28.7 Å². The number of aromatic nitrogens is 2. The molecule has 9 nitrogen and oxygen atoms in total. The third-order valence-electron chi connectivity index (χ3n) is 6.32. The number of fused-ring (bicyclic) bond motifs is 1. The van der Waals surface area contributed by atoms with Gasteiger partial charge in [-0.2, -0.15) is 4.31 Å². The van der Waals surface area contributed by atoms with Gasteiger partial charge in [0.1, 0.15) is 5.70 Å². The molecule has 4 N–H and O–H groups in total. The van der Waals surface area contributed by atoms with Crippen molar-refractivity contribution in [1.29, 1.82) is 0 Å². The Labute approximate surface area is 211 Å². The van der Waals surface area contributed by atoms with Gasteiger partial charge in [-0.25, -0.2) is 18.4 Å². The average Bonchev–Trinajstić information content (AvgIpc) is 3.36. The molecular formula is C26H30N6O3S. The van der Waals surface area contributed by atoms with Crippen LogP contribution < -0.4 is 21.1 Å². The lowest BCUT2D eigenvalue weighted by Crippen LogP contribution is -2.35. The zero-order chi connectivity index (χ0) is 25.0. The largest absolute Gasteiger partial charge is 0.437 e. The van der Waals surface area contributed by atoms with Crippen molar-refractivity contribution in [1.82, 2.24) is 14.3 Å². The van der Waals surface area contributed by atoms with Gasteiger partial charge in [-0.1, -0.05) is 30.7 Å². The first-order valence-electron chi connectivity index (χ1n) is 12.2. The Morgan fingerprint density at radius 1 is 1.06 bits per heavy atom. The molecule has 1 aromatic heterocycles. The molecule has 1 saturated heterocycles. The summed E-state index contributed by atoms with van der Waals surface area (Å²) in [7, 11) is -3.40. The SMILES string of the molecule is N/C(=C1\Nc2ccccc2O1)c1ccnc(NCCCc2ccc(S(=O)(=O)N3CCCCC3)cc2)n1. The molecule has 3 heterocycles. The van der Waals surface area contributed by atoms with Crippen LogP contribution in [0.3, 0.4) is 0 Å². The summed E-state index contributed by atoms with van der Waals surface area (Å²) in [4.78, 5) is 9.16. The summed E-state index contributed by atoms with van der Waals surface area (Å²) in [5.74, 6) is 1.65. The van der Waals surface area contributed by atoms with Crippen molar-refractivity contribution in [2.45, 2.75) is 37.0 Å². The van der Waals surface area contributed by atoms with Crippen molar-refractivity contribution >= 4 is 27.4 Å². The second-order valence-electron chi connectivity index (χ2n) is 8.87. The molecule has 5 rings (SSSR count). The predicted octanol–water partition coefficient (Wildman–Crippen LogP) is 3.79. The number of nitrogens with one attached hydrogen (secondary N) is 2. The molecule has 188 valence electrons. The van der Waals surface area contributed by atoms with Gasteiger partial charge in [-0.15, -0.1) is 0 Å². The van der Waals surface area contributed by atoms with Crippen LogP contribution in [-0.2, 0) is 16.4 Å². The molecule has 2 aliphatic heterocycles. The molecule has 0 saturated carbocycles. The number of para-hydroxylation sites is 2. The third kappa shape index (κ3) is 5.29. The predicted molar refractivity (Wildman–Crippen MR) is 140 cm³/mol. The van der Waals surface area contributed by atoms with Crippen LogP contribution in [0.15, 0.2) is 71.6 Å². The molecule has 0 amide bonds. The van der Waals surface area contributed by atoms with Gasteiger partial charge in [0.15, 0.2) is 5.75 Å². The number of aryl methyl sites for hydroxylation is 1. The smallest absolute Gasteiger partial charge is 0.243 e. The first-order valence-corrected chi connectivity index (χ1v) is 13.6. The molecule has 0 bridgehead atoms. The van der Waals surface area contributed by atoms with Crippen LogP contribution >= 0.6 is 0 Å². The molecule has 0 atom stereocenters. The number of piperidine rings is 1. The summed E-state index contributed by atoms with van der Waals surface area (Å²) in [6.45, 7) is 1.88. The van der Waals surface area contributed by atoms with Crippen molar-refractivity contribution in [2.24, 2.45) is 5.73 Å². The van der Waals surface area contributed by atoms with E-state index in [4.69, 9.17) is 10.5 Å². The van der Waals surface area contributed by atoms with Crippen LogP contribution in [0.25, 0.3) is 5.70 Å². The summed E-state index contributed by atoms with van der Waals surface area (Å²) in [5, 5.41) is 6.40. The van der Waals surface area contributed by atoms with E-state index in [-0.39, 0.29) is 0 Å². The third-order valence-corrected chi connectivity index (χ3v) is 8.24. The van der Waals surface area contributed by atoms with Crippen molar-refractivity contribution in [3.63, 3.8) is 0 Å². The first-order chi connectivity index (χ1) is 17.5. The molecule has 0 aliphatic carbocycles. The minimum absolute atomic E-state index is 0.368. The second-order valence-corrected chi connectivity index (χ2v) is 10.8. The monoisotopic (exact) mass is 506 g/mol. The summed E-state index contributed by atoms with van der Waals surface area (Å²) in [6, 6.07) is 16.6. The van der Waals surface area contributed by atoms with Gasteiger partial charge in [0.05, 0.1) is 16.3 Å². The molecule has 36 heavy (non-hydrogen) atoms. The van der Waals surface area contributed by atoms with Crippen LogP contribution in [0, 0.1) is 0 Å². The zero-order valence-electron chi connectivity index (χ0n) is 20.0. The van der Waals surface area contributed by atoms with E-state index in [9.17, 15) is 8.42 Å². The Bertz CT molecular complexity index is 1330. The summed E-state index contributed by atoms with van der Waals surface area (Å²) in [6.07, 6.45) is 6.25. The van der Waals surface area contributed by atoms with Crippen LogP contribution in [0.1, 0.15) is 36.9 Å². The second kappa shape index (κ2) is 10.5. The Kier molecular flexibility index (Phi) is 7.06. The van der Waals surface area contributed by atoms with E-state index in [2.05, 4.69) is 20.6 Å². The van der Waals surface area contributed by atoms with Crippen LogP contribution in [-0.4, -0.2) is 42.3 Å². The van der Waals surface area contributed by atoms with E-state index in [0.29, 0.717) is 47.8 Å². The highest BCUT2D eigenvalue weighted by Gasteiger charge is 2.25. The number of nitrogens with zero attached hydrogens (tertiary/aromatic N) is 3. The van der Waals surface area contributed by atoms with Gasteiger partial charge in [0.2, 0.25) is 21.9 Å². The Hall–Kier alpha value is -3.63. The highest BCUT2D eigenvalue weighted by atomic mass is 32.2. The van der Waals surface area contributed by atoms with E-state index in [1.165, 1.54) is 0 Å². The van der Waals surface area contributed by atoms with E-state index in [0.717, 1.165) is 49.1 Å². The Morgan fingerprint density at radius 3 is 2.61 bits per heavy atom. The van der Waals surface area contributed by atoms with Crippen LogP contribution in [0.5, 0.6) is 5.75 Å². The van der Waals surface area contributed by atoms with Gasteiger partial charge in [-0.05, 0) is 61.6 Å². The number of rotatable bonds is 8. The molecule has 3 aromatic rings. The van der Waals surface area contributed by atoms with E-state index in [1.807, 2.05) is 36.4 Å². The lowest BCUT2D eigenvalue weighted by molar-refractivity contribution is 0.346. The van der Waals surface area contributed by atoms with Crippen LogP contribution in [0.2, 0.25) is 0 Å². The fourth-order valence-corrected chi connectivity index (χ4v) is 5.84.